The van der Waals surface area contributed by atoms with E-state index < -0.39 is 11.8 Å². The van der Waals surface area contributed by atoms with E-state index in [1.807, 2.05) is 0 Å². The lowest BCUT2D eigenvalue weighted by Gasteiger charge is -2.62. The summed E-state index contributed by atoms with van der Waals surface area (Å²) in [7, 11) is 0. The summed E-state index contributed by atoms with van der Waals surface area (Å²) in [6.07, 6.45) is 9.51. The molecule has 5 aliphatic carbocycles. The topological polar surface area (TPSA) is 40.5 Å². The van der Waals surface area contributed by atoms with Crippen LogP contribution < -0.4 is 0 Å². The molecule has 33 heavy (non-hydrogen) atoms. The summed E-state index contributed by atoms with van der Waals surface area (Å²) >= 11 is 0. The van der Waals surface area contributed by atoms with Crippen LogP contribution in [0.2, 0.25) is 0 Å². The minimum absolute atomic E-state index is 0.00586. The van der Waals surface area contributed by atoms with E-state index >= 15 is 0 Å². The van der Waals surface area contributed by atoms with Crippen LogP contribution in [0.4, 0.5) is 13.2 Å². The fourth-order valence-corrected chi connectivity index (χ4v) is 9.72. The van der Waals surface area contributed by atoms with Crippen molar-refractivity contribution >= 4 is 0 Å². The third-order valence-electron chi connectivity index (χ3n) is 12.2. The molecular formula is C28H45F3O2. The van der Waals surface area contributed by atoms with Crippen molar-refractivity contribution in [2.75, 3.05) is 0 Å². The summed E-state index contributed by atoms with van der Waals surface area (Å²) in [5, 5.41) is 20.8. The van der Waals surface area contributed by atoms with E-state index in [-0.39, 0.29) is 30.3 Å². The zero-order valence-corrected chi connectivity index (χ0v) is 20.7. The molecule has 2 nitrogen and oxygen atoms in total. The zero-order chi connectivity index (χ0) is 23.6. The Morgan fingerprint density at radius 1 is 0.879 bits per heavy atom. The normalized spacial score (nSPS) is 49.0. The number of hydrogen-bond acceptors (Lipinski definition) is 2. The van der Waals surface area contributed by atoms with E-state index in [2.05, 4.69) is 13.8 Å². The molecule has 0 radical (unpaired) electrons. The molecule has 0 aliphatic heterocycles. The van der Waals surface area contributed by atoms with Gasteiger partial charge >= 0.3 is 6.18 Å². The number of aliphatic hydroxyl groups is 2. The van der Waals surface area contributed by atoms with Crippen molar-refractivity contribution in [1.82, 2.24) is 0 Å². The van der Waals surface area contributed by atoms with Crippen molar-refractivity contribution in [3.8, 4) is 0 Å². The molecule has 5 fully saturated rings. The van der Waals surface area contributed by atoms with Gasteiger partial charge in [0.15, 0.2) is 5.60 Å². The molecule has 190 valence electrons. The average molecular weight is 471 g/mol. The molecule has 0 bridgehead atoms. The van der Waals surface area contributed by atoms with Crippen molar-refractivity contribution in [1.29, 1.82) is 0 Å². The number of alkyl halides is 3. The second-order valence-electron chi connectivity index (χ2n) is 13.4. The van der Waals surface area contributed by atoms with E-state index in [0.717, 1.165) is 38.0 Å². The molecule has 0 spiro atoms. The van der Waals surface area contributed by atoms with Gasteiger partial charge in [-0.1, -0.05) is 26.7 Å². The molecule has 1 unspecified atom stereocenters. The van der Waals surface area contributed by atoms with Gasteiger partial charge in [0.05, 0.1) is 6.10 Å². The summed E-state index contributed by atoms with van der Waals surface area (Å²) in [6.45, 7) is 4.78. The van der Waals surface area contributed by atoms with Crippen LogP contribution in [0.15, 0.2) is 0 Å². The van der Waals surface area contributed by atoms with E-state index in [0.29, 0.717) is 35.5 Å². The van der Waals surface area contributed by atoms with Gasteiger partial charge in [0, 0.05) is 0 Å². The lowest BCUT2D eigenvalue weighted by Crippen LogP contribution is -2.59. The van der Waals surface area contributed by atoms with Gasteiger partial charge in [0.2, 0.25) is 0 Å². The van der Waals surface area contributed by atoms with Crippen molar-refractivity contribution in [2.24, 2.45) is 46.3 Å². The first-order valence-electron chi connectivity index (χ1n) is 14.0. The molecule has 2 N–H and O–H groups in total. The Hall–Kier alpha value is -0.290. The maximum Gasteiger partial charge on any atom is 0.417 e. The van der Waals surface area contributed by atoms with Gasteiger partial charge in [0.1, 0.15) is 0 Å². The molecule has 0 aromatic heterocycles. The van der Waals surface area contributed by atoms with Crippen LogP contribution in [0, 0.1) is 46.3 Å². The van der Waals surface area contributed by atoms with Gasteiger partial charge in [-0.05, 0) is 130 Å². The number of aliphatic hydroxyl groups excluding tert-OH is 1. The third-order valence-corrected chi connectivity index (χ3v) is 12.2. The number of fused-ring (bicyclic) bond motifs is 5. The molecule has 0 aromatic carbocycles. The summed E-state index contributed by atoms with van der Waals surface area (Å²) in [5.41, 5.74) is -2.16. The Balaban J connectivity index is 1.23. The molecule has 0 amide bonds. The van der Waals surface area contributed by atoms with Gasteiger partial charge in [-0.3, -0.25) is 0 Å². The van der Waals surface area contributed by atoms with E-state index in [4.69, 9.17) is 0 Å². The van der Waals surface area contributed by atoms with Crippen LogP contribution in [0.1, 0.15) is 110 Å². The first-order chi connectivity index (χ1) is 15.5. The third kappa shape index (κ3) is 3.90. The fraction of sp³-hybridized carbons (Fsp3) is 1.00. The SMILES string of the molecule is C[C@]12CC[C@@](O)(C(F)(F)F)C[C@@H]1CC[C@@H]1[C@@H]2CC[C@]2(C)[C@H](CCCC(O)C3CCC3)CC[C@@H]12. The monoisotopic (exact) mass is 470 g/mol. The van der Waals surface area contributed by atoms with Crippen LogP contribution in [0.25, 0.3) is 0 Å². The van der Waals surface area contributed by atoms with Gasteiger partial charge < -0.3 is 10.2 Å². The Morgan fingerprint density at radius 3 is 2.27 bits per heavy atom. The molecule has 0 heterocycles. The second kappa shape index (κ2) is 8.39. The minimum Gasteiger partial charge on any atom is -0.393 e. The summed E-state index contributed by atoms with van der Waals surface area (Å²) in [4.78, 5) is 0. The summed E-state index contributed by atoms with van der Waals surface area (Å²) < 4.78 is 40.7. The molecule has 5 aliphatic rings. The molecule has 5 saturated carbocycles. The number of hydrogen-bond donors (Lipinski definition) is 2. The van der Waals surface area contributed by atoms with E-state index in [1.165, 1.54) is 44.9 Å². The van der Waals surface area contributed by atoms with E-state index in [1.54, 1.807) is 0 Å². The Kier molecular flexibility index (Phi) is 6.20. The Morgan fingerprint density at radius 2 is 1.61 bits per heavy atom. The van der Waals surface area contributed by atoms with Gasteiger partial charge in [0.25, 0.3) is 0 Å². The quantitative estimate of drug-likeness (QED) is 0.443. The highest BCUT2D eigenvalue weighted by atomic mass is 19.4. The van der Waals surface area contributed by atoms with E-state index in [9.17, 15) is 23.4 Å². The highest BCUT2D eigenvalue weighted by Gasteiger charge is 2.64. The van der Waals surface area contributed by atoms with Gasteiger partial charge in [-0.2, -0.15) is 13.2 Å². The Labute approximate surface area is 198 Å². The number of rotatable bonds is 5. The first-order valence-corrected chi connectivity index (χ1v) is 14.0. The van der Waals surface area contributed by atoms with Crippen molar-refractivity contribution < 1.29 is 23.4 Å². The minimum atomic E-state index is -4.51. The van der Waals surface area contributed by atoms with Crippen molar-refractivity contribution in [3.63, 3.8) is 0 Å². The van der Waals surface area contributed by atoms with Crippen LogP contribution in [0.3, 0.4) is 0 Å². The van der Waals surface area contributed by atoms with Crippen molar-refractivity contribution in [2.45, 2.75) is 128 Å². The molecule has 5 rings (SSSR count). The largest absolute Gasteiger partial charge is 0.417 e. The van der Waals surface area contributed by atoms with Gasteiger partial charge in [-0.15, -0.1) is 0 Å². The molecule has 0 saturated heterocycles. The van der Waals surface area contributed by atoms with Crippen molar-refractivity contribution in [3.05, 3.63) is 0 Å². The molecular weight excluding hydrogens is 425 g/mol. The van der Waals surface area contributed by atoms with Crippen LogP contribution in [-0.4, -0.2) is 28.1 Å². The standard InChI is InChI=1S/C28H45F3O2/c1-25-14-13-23-21(11-9-20-17-27(33,28(29,30)31)16-15-26(20,23)2)22(25)12-10-19(25)7-4-8-24(32)18-5-3-6-18/h18-24,32-33H,3-17H2,1-2H3/t19-,20+,21+,22+,23+,24?,25-,26+,27+/m1/s1. The van der Waals surface area contributed by atoms with Crippen LogP contribution in [-0.2, 0) is 0 Å². The lowest BCUT2D eigenvalue weighted by atomic mass is 9.43. The highest BCUT2D eigenvalue weighted by molar-refractivity contribution is 5.11. The summed E-state index contributed by atoms with van der Waals surface area (Å²) in [6, 6.07) is 0. The number of halogens is 3. The average Bonchev–Trinajstić information content (AvgIpc) is 3.03. The predicted octanol–water partition coefficient (Wildman–Crippen LogP) is 7.27. The maximum atomic E-state index is 13.6. The first kappa shape index (κ1) is 24.4. The van der Waals surface area contributed by atoms with Crippen LogP contribution >= 0.6 is 0 Å². The lowest BCUT2D eigenvalue weighted by molar-refractivity contribution is -0.290. The van der Waals surface area contributed by atoms with Gasteiger partial charge in [-0.25, -0.2) is 0 Å². The smallest absolute Gasteiger partial charge is 0.393 e. The molecule has 9 atom stereocenters. The zero-order valence-electron chi connectivity index (χ0n) is 20.7. The second-order valence-corrected chi connectivity index (χ2v) is 13.4. The molecule has 0 aromatic rings. The predicted molar refractivity (Wildman–Crippen MR) is 123 cm³/mol. The maximum absolute atomic E-state index is 13.6. The fourth-order valence-electron chi connectivity index (χ4n) is 9.72. The molecule has 5 heteroatoms. The highest BCUT2D eigenvalue weighted by Crippen LogP contribution is 2.69. The summed E-state index contributed by atoms with van der Waals surface area (Å²) in [5.74, 6) is 3.16. The van der Waals surface area contributed by atoms with Crippen LogP contribution in [0.5, 0.6) is 0 Å². The Bertz CT molecular complexity index is 720.